The summed E-state index contributed by atoms with van der Waals surface area (Å²) in [6.45, 7) is 0.977. The van der Waals surface area contributed by atoms with Gasteiger partial charge < -0.3 is 24.4 Å². The highest BCUT2D eigenvalue weighted by atomic mass is 16.6. The van der Waals surface area contributed by atoms with Crippen molar-refractivity contribution in [2.45, 2.75) is 50.1 Å². The van der Waals surface area contributed by atoms with Gasteiger partial charge in [-0.25, -0.2) is 0 Å². The highest BCUT2D eigenvalue weighted by molar-refractivity contribution is 6.04. The van der Waals surface area contributed by atoms with Crippen molar-refractivity contribution in [3.05, 3.63) is 83.4 Å². The Labute approximate surface area is 222 Å². The zero-order valence-electron chi connectivity index (χ0n) is 21.5. The molecular formula is C31H32N2O5. The minimum absolute atomic E-state index is 0.00306. The van der Waals surface area contributed by atoms with Crippen LogP contribution in [0.3, 0.4) is 0 Å². The molecule has 1 saturated carbocycles. The van der Waals surface area contributed by atoms with Gasteiger partial charge >= 0.3 is 0 Å². The van der Waals surface area contributed by atoms with Gasteiger partial charge in [0.2, 0.25) is 5.91 Å². The molecule has 1 fully saturated rings. The summed E-state index contributed by atoms with van der Waals surface area (Å²) < 4.78 is 16.8. The second-order valence-electron chi connectivity index (χ2n) is 10.1. The van der Waals surface area contributed by atoms with Crippen molar-refractivity contribution in [2.24, 2.45) is 0 Å². The number of nitrogens with one attached hydrogen (secondary N) is 1. The lowest BCUT2D eigenvalue weighted by molar-refractivity contribution is -0.119. The minimum Gasteiger partial charge on any atom is -0.497 e. The fourth-order valence-electron chi connectivity index (χ4n) is 6.09. The molecule has 0 spiro atoms. The van der Waals surface area contributed by atoms with Crippen LogP contribution in [-0.4, -0.2) is 43.1 Å². The lowest BCUT2D eigenvalue weighted by Gasteiger charge is -2.46. The Balaban J connectivity index is 1.43. The summed E-state index contributed by atoms with van der Waals surface area (Å²) >= 11 is 0. The van der Waals surface area contributed by atoms with Gasteiger partial charge in [0.1, 0.15) is 19.0 Å². The van der Waals surface area contributed by atoms with Crippen LogP contribution in [0.5, 0.6) is 17.2 Å². The van der Waals surface area contributed by atoms with Gasteiger partial charge in [0, 0.05) is 23.4 Å². The molecule has 38 heavy (non-hydrogen) atoms. The molecule has 2 unspecified atom stereocenters. The quantitative estimate of drug-likeness (QED) is 0.473. The Bertz CT molecular complexity index is 1330. The second kappa shape index (κ2) is 10.4. The van der Waals surface area contributed by atoms with Crippen LogP contribution in [0.1, 0.15) is 65.5 Å². The Morgan fingerprint density at radius 3 is 2.42 bits per heavy atom. The number of anilines is 1. The first kappa shape index (κ1) is 24.3. The van der Waals surface area contributed by atoms with E-state index in [0.717, 1.165) is 42.6 Å². The molecule has 0 bridgehead atoms. The van der Waals surface area contributed by atoms with Crippen LogP contribution in [0.25, 0.3) is 0 Å². The van der Waals surface area contributed by atoms with E-state index in [2.05, 4.69) is 5.32 Å². The van der Waals surface area contributed by atoms with Crippen molar-refractivity contribution in [2.75, 3.05) is 25.6 Å². The molecule has 0 radical (unpaired) electrons. The zero-order valence-corrected chi connectivity index (χ0v) is 21.5. The van der Waals surface area contributed by atoms with Gasteiger partial charge in [-0.2, -0.15) is 0 Å². The molecule has 3 aromatic rings. The smallest absolute Gasteiger partial charge is 0.254 e. The van der Waals surface area contributed by atoms with Gasteiger partial charge in [0.25, 0.3) is 5.91 Å². The van der Waals surface area contributed by atoms with Gasteiger partial charge in [0.15, 0.2) is 11.5 Å². The highest BCUT2D eigenvalue weighted by Gasteiger charge is 2.46. The normalized spacial score (nSPS) is 21.0. The van der Waals surface area contributed by atoms with Gasteiger partial charge in [-0.3, -0.25) is 9.59 Å². The van der Waals surface area contributed by atoms with Gasteiger partial charge in [-0.05, 0) is 54.3 Å². The minimum atomic E-state index is -0.590. The molecule has 7 nitrogen and oxygen atoms in total. The van der Waals surface area contributed by atoms with E-state index in [-0.39, 0.29) is 17.9 Å². The number of methoxy groups -OCH3 is 1. The van der Waals surface area contributed by atoms with E-state index in [1.807, 2.05) is 65.6 Å². The number of carbonyl (C=O) groups excluding carboxylic acids is 2. The summed E-state index contributed by atoms with van der Waals surface area (Å²) in [5.74, 6) is 1.26. The highest BCUT2D eigenvalue weighted by Crippen LogP contribution is 2.46. The molecule has 1 N–H and O–H groups in total. The van der Waals surface area contributed by atoms with E-state index < -0.39 is 12.0 Å². The molecule has 196 valence electrons. The monoisotopic (exact) mass is 512 g/mol. The van der Waals surface area contributed by atoms with Gasteiger partial charge in [0.05, 0.1) is 19.1 Å². The number of rotatable bonds is 5. The van der Waals surface area contributed by atoms with Crippen LogP contribution >= 0.6 is 0 Å². The summed E-state index contributed by atoms with van der Waals surface area (Å²) in [4.78, 5) is 30.2. The van der Waals surface area contributed by atoms with E-state index in [1.54, 1.807) is 13.2 Å². The lowest BCUT2D eigenvalue weighted by Crippen LogP contribution is -2.51. The molecule has 3 aromatic carbocycles. The fourth-order valence-corrected chi connectivity index (χ4v) is 6.09. The van der Waals surface area contributed by atoms with E-state index in [9.17, 15) is 9.59 Å². The molecule has 3 aliphatic rings. The number of carbonyl (C=O) groups is 2. The summed E-state index contributed by atoms with van der Waals surface area (Å²) in [6, 6.07) is 20.4. The third kappa shape index (κ3) is 4.46. The number of amides is 2. The van der Waals surface area contributed by atoms with Crippen molar-refractivity contribution in [1.82, 2.24) is 4.90 Å². The lowest BCUT2D eigenvalue weighted by atomic mass is 9.77. The topological polar surface area (TPSA) is 77.1 Å². The molecule has 2 heterocycles. The van der Waals surface area contributed by atoms with E-state index in [4.69, 9.17) is 14.2 Å². The van der Waals surface area contributed by atoms with Gasteiger partial charge in [-0.1, -0.05) is 49.6 Å². The molecule has 6 rings (SSSR count). The van der Waals surface area contributed by atoms with Crippen molar-refractivity contribution in [3.8, 4) is 17.2 Å². The number of nitrogens with zero attached hydrogens (tertiary/aromatic N) is 1. The predicted octanol–water partition coefficient (Wildman–Crippen LogP) is 5.72. The summed E-state index contributed by atoms with van der Waals surface area (Å²) in [5.41, 5.74) is 2.90. The van der Waals surface area contributed by atoms with Crippen LogP contribution < -0.4 is 19.5 Å². The maximum Gasteiger partial charge on any atom is 0.254 e. The maximum atomic E-state index is 14.2. The molecule has 2 atom stereocenters. The van der Waals surface area contributed by atoms with Crippen molar-refractivity contribution < 1.29 is 23.8 Å². The van der Waals surface area contributed by atoms with Crippen molar-refractivity contribution in [1.29, 1.82) is 0 Å². The number of hydrogen-bond acceptors (Lipinski definition) is 5. The molecule has 2 amide bonds. The third-order valence-corrected chi connectivity index (χ3v) is 7.89. The van der Waals surface area contributed by atoms with E-state index in [1.165, 1.54) is 6.42 Å². The molecule has 2 aliphatic heterocycles. The first-order valence-corrected chi connectivity index (χ1v) is 13.4. The Hall–Kier alpha value is -4.00. The average molecular weight is 513 g/mol. The third-order valence-electron chi connectivity index (χ3n) is 7.89. The zero-order chi connectivity index (χ0) is 26.1. The molecule has 1 aliphatic carbocycles. The molecule has 7 heteroatoms. The largest absolute Gasteiger partial charge is 0.497 e. The summed E-state index contributed by atoms with van der Waals surface area (Å²) in [7, 11) is 1.63. The first-order chi connectivity index (χ1) is 18.6. The van der Waals surface area contributed by atoms with Crippen molar-refractivity contribution >= 4 is 17.5 Å². The Kier molecular flexibility index (Phi) is 6.66. The van der Waals surface area contributed by atoms with E-state index >= 15 is 0 Å². The van der Waals surface area contributed by atoms with Crippen LogP contribution in [0.15, 0.2) is 66.7 Å². The summed E-state index contributed by atoms with van der Waals surface area (Å²) in [6.07, 6.45) is 5.23. The van der Waals surface area contributed by atoms with Crippen LogP contribution in [0.4, 0.5) is 5.69 Å². The average Bonchev–Trinajstić information content (AvgIpc) is 2.97. The number of benzene rings is 3. The van der Waals surface area contributed by atoms with Crippen LogP contribution in [0.2, 0.25) is 0 Å². The maximum absolute atomic E-state index is 14.2. The van der Waals surface area contributed by atoms with Gasteiger partial charge in [-0.15, -0.1) is 0 Å². The second-order valence-corrected chi connectivity index (χ2v) is 10.1. The number of ether oxygens (including phenoxy) is 3. The molecular weight excluding hydrogens is 480 g/mol. The number of fused-ring (bicyclic) bond motifs is 2. The molecule has 0 aromatic heterocycles. The first-order valence-electron chi connectivity index (χ1n) is 13.4. The standard InChI is InChI=1S/C31H32N2O5/c1-36-23-14-11-20(12-15-23)29-28(30(34)32-21-13-16-26-27(19-21)38-18-17-37-26)24-9-5-6-10-25(24)31(35)33(29)22-7-3-2-4-8-22/h5-6,9-16,19,22,28-29H,2-4,7-8,17-18H2,1H3,(H,32,34). The summed E-state index contributed by atoms with van der Waals surface area (Å²) in [5, 5.41) is 3.13. The van der Waals surface area contributed by atoms with Crippen molar-refractivity contribution in [3.63, 3.8) is 0 Å². The predicted molar refractivity (Wildman–Crippen MR) is 144 cm³/mol. The van der Waals surface area contributed by atoms with Crippen LogP contribution in [0, 0.1) is 0 Å². The van der Waals surface area contributed by atoms with Crippen LogP contribution in [-0.2, 0) is 4.79 Å². The Morgan fingerprint density at radius 2 is 1.66 bits per heavy atom. The molecule has 0 saturated heterocycles. The number of hydrogen-bond donors (Lipinski definition) is 1. The fraction of sp³-hybridized carbons (Fsp3) is 0.355. The SMILES string of the molecule is COc1ccc(C2C(C(=O)Nc3ccc4c(c3)OCCO4)c3ccccc3C(=O)N2C2CCCCC2)cc1. The van der Waals surface area contributed by atoms with E-state index in [0.29, 0.717) is 36.0 Å². The Morgan fingerprint density at radius 1 is 0.921 bits per heavy atom.